The Bertz CT molecular complexity index is 314. The van der Waals surface area contributed by atoms with Crippen LogP contribution in [0.15, 0.2) is 24.3 Å². The number of hydrogen-bond donors (Lipinski definition) is 0. The second-order valence-electron chi connectivity index (χ2n) is 4.39. The highest BCUT2D eigenvalue weighted by atomic mass is 16.1. The van der Waals surface area contributed by atoms with Gasteiger partial charge in [-0.1, -0.05) is 26.0 Å². The smallest absolute Gasteiger partial charge is 0.127 e. The number of carbonyl (C=O) groups is 1. The van der Waals surface area contributed by atoms with Crippen molar-refractivity contribution in [3.8, 4) is 0 Å². The molecule has 15 heavy (non-hydrogen) atoms. The maximum atomic E-state index is 11.0. The van der Waals surface area contributed by atoms with Crippen LogP contribution in [0.5, 0.6) is 0 Å². The lowest BCUT2D eigenvalue weighted by Crippen LogP contribution is -2.10. The molecule has 82 valence electrons. The third-order valence-electron chi connectivity index (χ3n) is 2.66. The van der Waals surface area contributed by atoms with Crippen molar-refractivity contribution in [2.24, 2.45) is 5.92 Å². The number of hydrogen-bond acceptors (Lipinski definition) is 2. The number of aldehydes is 1. The molecule has 0 aliphatic rings. The highest BCUT2D eigenvalue weighted by Crippen LogP contribution is 2.24. The second kappa shape index (κ2) is 4.96. The Hall–Kier alpha value is -1.31. The average molecular weight is 205 g/mol. The van der Waals surface area contributed by atoms with E-state index in [1.807, 2.05) is 38.4 Å². The molecule has 1 aromatic rings. The highest BCUT2D eigenvalue weighted by Gasteiger charge is 2.14. The van der Waals surface area contributed by atoms with E-state index in [-0.39, 0.29) is 5.92 Å². The van der Waals surface area contributed by atoms with Gasteiger partial charge in [0.05, 0.1) is 0 Å². The molecule has 0 heterocycles. The van der Waals surface area contributed by atoms with E-state index < -0.39 is 0 Å². The Balaban J connectivity index is 2.92. The van der Waals surface area contributed by atoms with Crippen LogP contribution in [0, 0.1) is 5.92 Å². The fourth-order valence-corrected chi connectivity index (χ4v) is 1.62. The normalized spacial score (nSPS) is 12.6. The summed E-state index contributed by atoms with van der Waals surface area (Å²) in [6, 6.07) is 8.17. The maximum absolute atomic E-state index is 11.0. The summed E-state index contributed by atoms with van der Waals surface area (Å²) in [6.07, 6.45) is 1.04. The van der Waals surface area contributed by atoms with E-state index in [4.69, 9.17) is 0 Å². The van der Waals surface area contributed by atoms with Gasteiger partial charge < -0.3 is 9.69 Å². The van der Waals surface area contributed by atoms with Crippen LogP contribution < -0.4 is 4.90 Å². The predicted molar refractivity (Wildman–Crippen MR) is 64.4 cm³/mol. The summed E-state index contributed by atoms with van der Waals surface area (Å²) in [6.45, 7) is 4.14. The molecule has 0 N–H and O–H groups in total. The number of anilines is 1. The first-order chi connectivity index (χ1) is 7.06. The third kappa shape index (κ3) is 2.82. The molecule has 0 saturated carbocycles. The predicted octanol–water partition coefficient (Wildman–Crippen LogP) is 2.69. The monoisotopic (exact) mass is 205 g/mol. The van der Waals surface area contributed by atoms with Gasteiger partial charge in [-0.15, -0.1) is 0 Å². The summed E-state index contributed by atoms with van der Waals surface area (Å²) in [5, 5.41) is 0. The zero-order valence-electron chi connectivity index (χ0n) is 9.90. The van der Waals surface area contributed by atoms with E-state index in [0.29, 0.717) is 5.92 Å². The van der Waals surface area contributed by atoms with Crippen molar-refractivity contribution < 1.29 is 4.79 Å². The van der Waals surface area contributed by atoms with E-state index >= 15 is 0 Å². The zero-order chi connectivity index (χ0) is 11.4. The molecule has 0 aromatic heterocycles. The topological polar surface area (TPSA) is 20.3 Å². The fourth-order valence-electron chi connectivity index (χ4n) is 1.62. The van der Waals surface area contributed by atoms with Crippen LogP contribution in [0.3, 0.4) is 0 Å². The van der Waals surface area contributed by atoms with Crippen LogP contribution in [-0.4, -0.2) is 20.4 Å². The van der Waals surface area contributed by atoms with E-state index in [1.165, 1.54) is 0 Å². The van der Waals surface area contributed by atoms with Gasteiger partial charge in [-0.25, -0.2) is 0 Å². The summed E-state index contributed by atoms with van der Waals surface area (Å²) >= 11 is 0. The Morgan fingerprint density at radius 2 is 1.67 bits per heavy atom. The highest BCUT2D eigenvalue weighted by molar-refractivity contribution is 5.63. The first-order valence-electron chi connectivity index (χ1n) is 5.29. The molecule has 0 aliphatic carbocycles. The zero-order valence-corrected chi connectivity index (χ0v) is 9.90. The van der Waals surface area contributed by atoms with Crippen LogP contribution in [0.1, 0.15) is 25.3 Å². The van der Waals surface area contributed by atoms with E-state index in [2.05, 4.69) is 18.7 Å². The summed E-state index contributed by atoms with van der Waals surface area (Å²) < 4.78 is 0. The molecule has 2 nitrogen and oxygen atoms in total. The molecule has 0 saturated heterocycles. The first-order valence-corrected chi connectivity index (χ1v) is 5.29. The fraction of sp³-hybridized carbons (Fsp3) is 0.462. The number of nitrogens with zero attached hydrogens (tertiary/aromatic N) is 1. The number of benzene rings is 1. The Morgan fingerprint density at radius 3 is 2.00 bits per heavy atom. The van der Waals surface area contributed by atoms with Crippen molar-refractivity contribution in [2.45, 2.75) is 19.8 Å². The minimum absolute atomic E-state index is 0.0150. The molecule has 0 aliphatic heterocycles. The van der Waals surface area contributed by atoms with Gasteiger partial charge in [0.1, 0.15) is 6.29 Å². The molecular weight excluding hydrogens is 186 g/mol. The van der Waals surface area contributed by atoms with Crippen LogP contribution in [0.25, 0.3) is 0 Å². The van der Waals surface area contributed by atoms with Crippen molar-refractivity contribution >= 4 is 12.0 Å². The van der Waals surface area contributed by atoms with Gasteiger partial charge in [-0.05, 0) is 23.6 Å². The van der Waals surface area contributed by atoms with E-state index in [1.54, 1.807) is 0 Å². The standard InChI is InChI=1S/C13H19NO/c1-10(2)13(9-15)11-5-7-12(8-6-11)14(3)4/h5-10,13H,1-4H3. The first kappa shape index (κ1) is 11.8. The van der Waals surface area contributed by atoms with Gasteiger partial charge in [0, 0.05) is 25.7 Å². The van der Waals surface area contributed by atoms with Crippen molar-refractivity contribution in [3.63, 3.8) is 0 Å². The largest absolute Gasteiger partial charge is 0.378 e. The lowest BCUT2D eigenvalue weighted by molar-refractivity contribution is -0.109. The molecule has 0 fully saturated rings. The van der Waals surface area contributed by atoms with Crippen LogP contribution in [-0.2, 0) is 4.79 Å². The molecular formula is C13H19NO. The van der Waals surface area contributed by atoms with Crippen molar-refractivity contribution in [1.29, 1.82) is 0 Å². The number of carbonyl (C=O) groups excluding carboxylic acids is 1. The van der Waals surface area contributed by atoms with Crippen LogP contribution in [0.4, 0.5) is 5.69 Å². The summed E-state index contributed by atoms with van der Waals surface area (Å²) in [7, 11) is 4.02. The van der Waals surface area contributed by atoms with Crippen LogP contribution in [0.2, 0.25) is 0 Å². The third-order valence-corrected chi connectivity index (χ3v) is 2.66. The molecule has 1 rings (SSSR count). The Morgan fingerprint density at radius 1 is 1.13 bits per heavy atom. The van der Waals surface area contributed by atoms with E-state index in [0.717, 1.165) is 17.5 Å². The minimum atomic E-state index is 0.0150. The summed E-state index contributed by atoms with van der Waals surface area (Å²) in [5.74, 6) is 0.369. The quantitative estimate of drug-likeness (QED) is 0.704. The lowest BCUT2D eigenvalue weighted by atomic mass is 9.90. The molecule has 1 aromatic carbocycles. The summed E-state index contributed by atoms with van der Waals surface area (Å²) in [5.41, 5.74) is 2.26. The van der Waals surface area contributed by atoms with Crippen molar-refractivity contribution in [2.75, 3.05) is 19.0 Å². The van der Waals surface area contributed by atoms with Gasteiger partial charge in [0.15, 0.2) is 0 Å². The summed E-state index contributed by atoms with van der Waals surface area (Å²) in [4.78, 5) is 13.0. The van der Waals surface area contributed by atoms with Gasteiger partial charge in [0.2, 0.25) is 0 Å². The molecule has 1 atom stereocenters. The molecule has 0 amide bonds. The minimum Gasteiger partial charge on any atom is -0.378 e. The van der Waals surface area contributed by atoms with Crippen molar-refractivity contribution in [3.05, 3.63) is 29.8 Å². The second-order valence-corrected chi connectivity index (χ2v) is 4.39. The Labute approximate surface area is 91.9 Å². The molecule has 1 unspecified atom stereocenters. The molecule has 2 heteroatoms. The molecule has 0 bridgehead atoms. The van der Waals surface area contributed by atoms with Crippen molar-refractivity contribution in [1.82, 2.24) is 0 Å². The maximum Gasteiger partial charge on any atom is 0.127 e. The van der Waals surface area contributed by atoms with Crippen LogP contribution >= 0.6 is 0 Å². The Kier molecular flexibility index (Phi) is 3.89. The SMILES string of the molecule is CC(C)C(C=O)c1ccc(N(C)C)cc1. The lowest BCUT2D eigenvalue weighted by Gasteiger charge is -2.17. The molecule has 0 spiro atoms. The van der Waals surface area contributed by atoms with Gasteiger partial charge in [-0.3, -0.25) is 0 Å². The number of rotatable bonds is 4. The van der Waals surface area contributed by atoms with Gasteiger partial charge >= 0.3 is 0 Å². The van der Waals surface area contributed by atoms with E-state index in [9.17, 15) is 4.79 Å². The van der Waals surface area contributed by atoms with Gasteiger partial charge in [0.25, 0.3) is 0 Å². The average Bonchev–Trinajstić information content (AvgIpc) is 2.19. The van der Waals surface area contributed by atoms with Gasteiger partial charge in [-0.2, -0.15) is 0 Å². The molecule has 0 radical (unpaired) electrons.